The summed E-state index contributed by atoms with van der Waals surface area (Å²) in [6, 6.07) is 0. The zero-order chi connectivity index (χ0) is 8.81. The lowest BCUT2D eigenvalue weighted by Crippen LogP contribution is -2.35. The first kappa shape index (κ1) is 12.7. The Kier molecular flexibility index (Phi) is 6.94. The van der Waals surface area contributed by atoms with Gasteiger partial charge in [-0.2, -0.15) is 0 Å². The summed E-state index contributed by atoms with van der Waals surface area (Å²) in [4.78, 5) is 9.94. The Labute approximate surface area is 84.6 Å². The molecule has 0 aliphatic carbocycles. The second-order valence-electron chi connectivity index (χ2n) is 3.22. The molecule has 0 radical (unpaired) electrons. The molecule has 1 aliphatic rings. The maximum Gasteiger partial charge on any atom is 0.294 e. The molecule has 78 valence electrons. The second kappa shape index (κ2) is 7.12. The summed E-state index contributed by atoms with van der Waals surface area (Å²) in [5.74, 6) is 0.564. The molecule has 0 amide bonds. The molecule has 0 aromatic heterocycles. The molecule has 0 aromatic rings. The van der Waals surface area contributed by atoms with Gasteiger partial charge in [0.2, 0.25) is 0 Å². The van der Waals surface area contributed by atoms with Crippen LogP contribution in [0, 0.1) is 5.92 Å². The Morgan fingerprint density at radius 3 is 3.00 bits per heavy atom. The molecular weight excluding hydrogens is 192 g/mol. The molecule has 2 atom stereocenters. The van der Waals surface area contributed by atoms with Crippen LogP contribution < -0.4 is 11.1 Å². The van der Waals surface area contributed by atoms with Crippen LogP contribution in [0.3, 0.4) is 0 Å². The second-order valence-corrected chi connectivity index (χ2v) is 3.22. The quantitative estimate of drug-likeness (QED) is 0.514. The van der Waals surface area contributed by atoms with Crippen molar-refractivity contribution in [2.45, 2.75) is 25.5 Å². The highest BCUT2D eigenvalue weighted by Crippen LogP contribution is 2.15. The molecule has 1 heterocycles. The topological polar surface area (TPSA) is 64.3 Å². The van der Waals surface area contributed by atoms with Crippen LogP contribution in [0.4, 0.5) is 0 Å². The van der Waals surface area contributed by atoms with Gasteiger partial charge in [-0.25, -0.2) is 0 Å². The van der Waals surface area contributed by atoms with E-state index in [1.165, 1.54) is 12.8 Å². The van der Waals surface area contributed by atoms with Crippen molar-refractivity contribution in [1.82, 2.24) is 5.32 Å². The summed E-state index contributed by atoms with van der Waals surface area (Å²) < 4.78 is 4.61. The first-order chi connectivity index (χ1) is 5.83. The van der Waals surface area contributed by atoms with Crippen molar-refractivity contribution >= 4 is 18.9 Å². The van der Waals surface area contributed by atoms with Crippen LogP contribution in [0.15, 0.2) is 0 Å². The van der Waals surface area contributed by atoms with Gasteiger partial charge in [-0.3, -0.25) is 10.5 Å². The highest BCUT2D eigenvalue weighted by molar-refractivity contribution is 5.85. The SMILES string of the molecule is Cl.NC(CC1CCCNC1)OC=O. The van der Waals surface area contributed by atoms with Crippen LogP contribution in [0.1, 0.15) is 19.3 Å². The molecule has 0 saturated carbocycles. The molecule has 3 N–H and O–H groups in total. The number of nitrogens with one attached hydrogen (secondary N) is 1. The monoisotopic (exact) mass is 208 g/mol. The zero-order valence-corrected chi connectivity index (χ0v) is 8.39. The van der Waals surface area contributed by atoms with Crippen molar-refractivity contribution in [3.63, 3.8) is 0 Å². The molecule has 1 rings (SSSR count). The minimum Gasteiger partial charge on any atom is -0.449 e. The van der Waals surface area contributed by atoms with Crippen molar-refractivity contribution in [3.8, 4) is 0 Å². The molecule has 1 fully saturated rings. The van der Waals surface area contributed by atoms with Crippen LogP contribution in [-0.2, 0) is 9.53 Å². The molecule has 4 nitrogen and oxygen atoms in total. The van der Waals surface area contributed by atoms with E-state index in [0.717, 1.165) is 19.5 Å². The maximum absolute atomic E-state index is 9.94. The summed E-state index contributed by atoms with van der Waals surface area (Å²) in [5.41, 5.74) is 5.53. The third-order valence-electron chi connectivity index (χ3n) is 2.19. The molecular formula is C8H17ClN2O2. The first-order valence-electron chi connectivity index (χ1n) is 4.38. The van der Waals surface area contributed by atoms with Crippen LogP contribution >= 0.6 is 12.4 Å². The number of piperidine rings is 1. The van der Waals surface area contributed by atoms with Gasteiger partial charge in [0.15, 0.2) is 6.23 Å². The Bertz CT molecular complexity index is 140. The smallest absolute Gasteiger partial charge is 0.294 e. The molecule has 1 saturated heterocycles. The molecule has 1 aliphatic heterocycles. The summed E-state index contributed by atoms with van der Waals surface area (Å²) in [5, 5.41) is 3.28. The van der Waals surface area contributed by atoms with E-state index in [1.54, 1.807) is 0 Å². The third kappa shape index (κ3) is 5.08. The first-order valence-corrected chi connectivity index (χ1v) is 4.38. The number of hydrogen-bond acceptors (Lipinski definition) is 4. The number of carbonyl (C=O) groups excluding carboxylic acids is 1. The Balaban J connectivity index is 0.00000144. The fraction of sp³-hybridized carbons (Fsp3) is 0.875. The molecule has 0 spiro atoms. The third-order valence-corrected chi connectivity index (χ3v) is 2.19. The highest BCUT2D eigenvalue weighted by Gasteiger charge is 2.16. The molecule has 5 heteroatoms. The van der Waals surface area contributed by atoms with Crippen molar-refractivity contribution in [2.24, 2.45) is 11.7 Å². The number of nitrogens with two attached hydrogens (primary N) is 1. The van der Waals surface area contributed by atoms with Crippen molar-refractivity contribution in [1.29, 1.82) is 0 Å². The van der Waals surface area contributed by atoms with Gasteiger partial charge in [0.05, 0.1) is 0 Å². The number of carbonyl (C=O) groups is 1. The van der Waals surface area contributed by atoms with Crippen molar-refractivity contribution in [3.05, 3.63) is 0 Å². The summed E-state index contributed by atoms with van der Waals surface area (Å²) >= 11 is 0. The number of halogens is 1. The van der Waals surface area contributed by atoms with Crippen LogP contribution in [-0.4, -0.2) is 25.8 Å². The van der Waals surface area contributed by atoms with E-state index in [9.17, 15) is 4.79 Å². The standard InChI is InChI=1S/C8H16N2O2.ClH/c9-8(12-6-11)4-7-2-1-3-10-5-7;/h6-8,10H,1-5,9H2;1H. The normalized spacial score (nSPS) is 24.2. The van der Waals surface area contributed by atoms with E-state index in [4.69, 9.17) is 5.73 Å². The average molecular weight is 209 g/mol. The van der Waals surface area contributed by atoms with E-state index in [-0.39, 0.29) is 12.4 Å². The number of ether oxygens (including phenoxy) is 1. The van der Waals surface area contributed by atoms with Gasteiger partial charge >= 0.3 is 0 Å². The van der Waals surface area contributed by atoms with Gasteiger partial charge in [0, 0.05) is 6.42 Å². The van der Waals surface area contributed by atoms with Crippen LogP contribution in [0.2, 0.25) is 0 Å². The summed E-state index contributed by atoms with van der Waals surface area (Å²) in [6.07, 6.45) is 2.72. The van der Waals surface area contributed by atoms with Gasteiger partial charge in [0.1, 0.15) is 0 Å². The average Bonchev–Trinajstić information content (AvgIpc) is 2.06. The summed E-state index contributed by atoms with van der Waals surface area (Å²) in [7, 11) is 0. The lowest BCUT2D eigenvalue weighted by molar-refractivity contribution is -0.134. The van der Waals surface area contributed by atoms with Gasteiger partial charge in [-0.1, -0.05) is 0 Å². The van der Waals surface area contributed by atoms with Gasteiger partial charge in [-0.15, -0.1) is 12.4 Å². The highest BCUT2D eigenvalue weighted by atomic mass is 35.5. The lowest BCUT2D eigenvalue weighted by Gasteiger charge is -2.24. The number of hydrogen-bond donors (Lipinski definition) is 2. The minimum atomic E-state index is -0.424. The van der Waals surface area contributed by atoms with Crippen LogP contribution in [0.25, 0.3) is 0 Å². The molecule has 2 unspecified atom stereocenters. The molecule has 0 bridgehead atoms. The van der Waals surface area contributed by atoms with Crippen LogP contribution in [0.5, 0.6) is 0 Å². The van der Waals surface area contributed by atoms with E-state index in [1.807, 2.05) is 0 Å². The fourth-order valence-electron chi connectivity index (χ4n) is 1.58. The molecule has 13 heavy (non-hydrogen) atoms. The van der Waals surface area contributed by atoms with E-state index in [0.29, 0.717) is 12.4 Å². The van der Waals surface area contributed by atoms with E-state index in [2.05, 4.69) is 10.1 Å². The Morgan fingerprint density at radius 1 is 1.69 bits per heavy atom. The predicted octanol–water partition coefficient (Wildman–Crippen LogP) is 0.256. The Hall–Kier alpha value is -0.320. The van der Waals surface area contributed by atoms with Gasteiger partial charge in [0.25, 0.3) is 6.47 Å². The lowest BCUT2D eigenvalue weighted by atomic mass is 9.96. The largest absolute Gasteiger partial charge is 0.449 e. The molecule has 0 aromatic carbocycles. The Morgan fingerprint density at radius 2 is 2.46 bits per heavy atom. The fourth-order valence-corrected chi connectivity index (χ4v) is 1.58. The minimum absolute atomic E-state index is 0. The van der Waals surface area contributed by atoms with Crippen molar-refractivity contribution < 1.29 is 9.53 Å². The summed E-state index contributed by atoms with van der Waals surface area (Å²) in [6.45, 7) is 2.51. The number of rotatable bonds is 4. The van der Waals surface area contributed by atoms with Gasteiger partial charge in [-0.05, 0) is 31.8 Å². The van der Waals surface area contributed by atoms with E-state index >= 15 is 0 Å². The van der Waals surface area contributed by atoms with Gasteiger partial charge < -0.3 is 10.1 Å². The predicted molar refractivity (Wildman–Crippen MR) is 52.6 cm³/mol. The zero-order valence-electron chi connectivity index (χ0n) is 7.57. The maximum atomic E-state index is 9.94. The van der Waals surface area contributed by atoms with E-state index < -0.39 is 6.23 Å². The van der Waals surface area contributed by atoms with Crippen molar-refractivity contribution in [2.75, 3.05) is 13.1 Å².